The third kappa shape index (κ3) is 5.80. The second-order valence-corrected chi connectivity index (χ2v) is 11.6. The van der Waals surface area contributed by atoms with E-state index in [0.717, 1.165) is 6.07 Å². The SMILES string of the molecule is COc1ccc(COS(=O)(=O)c2ccc3c(c2)C([N+]2(C(N)=O)CCCCCC2=O)N(C(=O)C(F)(F)F)CC3)cc1OC. The van der Waals surface area contributed by atoms with Gasteiger partial charge in [-0.1, -0.05) is 12.1 Å². The van der Waals surface area contributed by atoms with Gasteiger partial charge in [-0.3, -0.25) is 13.9 Å². The Balaban J connectivity index is 1.79. The van der Waals surface area contributed by atoms with Crippen LogP contribution in [0.4, 0.5) is 18.0 Å². The van der Waals surface area contributed by atoms with Gasteiger partial charge in [0.05, 0.1) is 38.7 Å². The van der Waals surface area contributed by atoms with E-state index in [9.17, 15) is 36.0 Å². The number of hydrogen-bond acceptors (Lipinski definition) is 8. The minimum Gasteiger partial charge on any atom is -0.493 e. The van der Waals surface area contributed by atoms with Crippen molar-refractivity contribution in [1.29, 1.82) is 0 Å². The maximum absolute atomic E-state index is 13.8. The van der Waals surface area contributed by atoms with Crippen LogP contribution in [0.1, 0.15) is 48.5 Å². The summed E-state index contributed by atoms with van der Waals surface area (Å²) in [5, 5.41) is 0. The largest absolute Gasteiger partial charge is 0.493 e. The summed E-state index contributed by atoms with van der Waals surface area (Å²) < 4.78 is 82.1. The summed E-state index contributed by atoms with van der Waals surface area (Å²) in [4.78, 5) is 39.1. The van der Waals surface area contributed by atoms with Gasteiger partial charge in [-0.15, -0.1) is 0 Å². The zero-order valence-electron chi connectivity index (χ0n) is 23.0. The number of likely N-dealkylation sites (tertiary alicyclic amines) is 1. The molecule has 2 aliphatic heterocycles. The Morgan fingerprint density at radius 3 is 2.38 bits per heavy atom. The lowest BCUT2D eigenvalue weighted by Crippen LogP contribution is -2.67. The maximum atomic E-state index is 13.8. The predicted octanol–water partition coefficient (Wildman–Crippen LogP) is 3.55. The number of nitrogens with two attached hydrogens (primary N) is 1. The molecule has 11 nitrogen and oxygen atoms in total. The fraction of sp³-hybridized carbons (Fsp3) is 0.444. The molecule has 0 radical (unpaired) electrons. The van der Waals surface area contributed by atoms with Gasteiger partial charge in [0.1, 0.15) is 0 Å². The summed E-state index contributed by atoms with van der Waals surface area (Å²) in [5.74, 6) is -2.25. The van der Waals surface area contributed by atoms with Crippen molar-refractivity contribution in [2.45, 2.75) is 55.9 Å². The second kappa shape index (κ2) is 11.9. The molecule has 2 heterocycles. The van der Waals surface area contributed by atoms with E-state index in [1.807, 2.05) is 0 Å². The topological polar surface area (TPSA) is 142 Å². The lowest BCUT2D eigenvalue weighted by atomic mass is 9.94. The molecule has 0 aliphatic carbocycles. The van der Waals surface area contributed by atoms with E-state index in [-0.39, 0.29) is 31.4 Å². The number of ether oxygens (including phenoxy) is 2. The number of hydrogen-bond donors (Lipinski definition) is 1. The molecule has 42 heavy (non-hydrogen) atoms. The molecule has 2 unspecified atom stereocenters. The predicted molar refractivity (Wildman–Crippen MR) is 140 cm³/mol. The van der Waals surface area contributed by atoms with Gasteiger partial charge in [-0.05, 0) is 61.1 Å². The molecule has 0 spiro atoms. The number of alkyl halides is 3. The quantitative estimate of drug-likeness (QED) is 0.369. The highest BCUT2D eigenvalue weighted by Gasteiger charge is 2.59. The Morgan fingerprint density at radius 1 is 1.02 bits per heavy atom. The van der Waals surface area contributed by atoms with Gasteiger partial charge < -0.3 is 15.2 Å². The number of primary amides is 1. The maximum Gasteiger partial charge on any atom is 0.471 e. The first-order valence-corrected chi connectivity index (χ1v) is 14.5. The molecule has 2 aromatic rings. The van der Waals surface area contributed by atoms with E-state index in [4.69, 9.17) is 19.4 Å². The molecule has 2 N–H and O–H groups in total. The van der Waals surface area contributed by atoms with Crippen LogP contribution in [0, 0.1) is 0 Å². The second-order valence-electron chi connectivity index (χ2n) is 10.0. The zero-order chi connectivity index (χ0) is 30.9. The van der Waals surface area contributed by atoms with Gasteiger partial charge in [-0.2, -0.15) is 26.1 Å². The summed E-state index contributed by atoms with van der Waals surface area (Å²) in [6.07, 6.45) is -6.17. The normalized spacial score (nSPS) is 21.3. The van der Waals surface area contributed by atoms with Crippen molar-refractivity contribution in [2.75, 3.05) is 27.3 Å². The van der Waals surface area contributed by atoms with Crippen molar-refractivity contribution in [3.05, 3.63) is 53.1 Å². The fourth-order valence-corrected chi connectivity index (χ4v) is 6.45. The van der Waals surface area contributed by atoms with Crippen LogP contribution in [0.25, 0.3) is 0 Å². The van der Waals surface area contributed by atoms with Crippen LogP contribution in [0.3, 0.4) is 0 Å². The first-order chi connectivity index (χ1) is 19.8. The van der Waals surface area contributed by atoms with Crippen LogP contribution in [-0.2, 0) is 36.9 Å². The van der Waals surface area contributed by atoms with Gasteiger partial charge in [-0.25, -0.2) is 9.59 Å². The number of rotatable bonds is 7. The number of imide groups is 1. The molecule has 15 heteroatoms. The van der Waals surface area contributed by atoms with Crippen molar-refractivity contribution in [3.8, 4) is 11.5 Å². The van der Waals surface area contributed by atoms with Crippen LogP contribution >= 0.6 is 0 Å². The van der Waals surface area contributed by atoms with Gasteiger partial charge in [0.2, 0.25) is 6.17 Å². The van der Waals surface area contributed by atoms with Crippen LogP contribution < -0.4 is 15.2 Å². The number of benzene rings is 2. The van der Waals surface area contributed by atoms with Crippen LogP contribution in [0.5, 0.6) is 11.5 Å². The molecule has 4 amide bonds. The summed E-state index contributed by atoms with van der Waals surface area (Å²) in [5.41, 5.74) is 6.43. The van der Waals surface area contributed by atoms with Crippen LogP contribution in [0.2, 0.25) is 0 Å². The van der Waals surface area contributed by atoms with Crippen molar-refractivity contribution >= 4 is 28.0 Å². The number of carbonyl (C=O) groups is 3. The highest BCUT2D eigenvalue weighted by Crippen LogP contribution is 2.43. The molecule has 1 saturated heterocycles. The minimum atomic E-state index is -5.32. The average molecular weight is 615 g/mol. The third-order valence-corrected chi connectivity index (χ3v) is 8.85. The number of urea groups is 1. The Hall–Kier alpha value is -3.69. The Morgan fingerprint density at radius 2 is 1.74 bits per heavy atom. The first-order valence-electron chi connectivity index (χ1n) is 13.1. The highest BCUT2D eigenvalue weighted by molar-refractivity contribution is 7.86. The van der Waals surface area contributed by atoms with Crippen LogP contribution in [0.15, 0.2) is 41.3 Å². The molecule has 2 atom stereocenters. The fourth-order valence-electron chi connectivity index (χ4n) is 5.51. The van der Waals surface area contributed by atoms with Crippen molar-refractivity contribution in [3.63, 3.8) is 0 Å². The van der Waals surface area contributed by atoms with E-state index in [1.54, 1.807) is 12.1 Å². The van der Waals surface area contributed by atoms with E-state index in [1.165, 1.54) is 32.4 Å². The van der Waals surface area contributed by atoms with Gasteiger partial charge in [0.25, 0.3) is 10.1 Å². The Labute approximate surface area is 240 Å². The van der Waals surface area contributed by atoms with E-state index >= 15 is 0 Å². The Kier molecular flexibility index (Phi) is 8.85. The standard InChI is InChI=1S/C27H30F3N3O8S/c1-39-21-10-7-17(14-22(21)40-2)16-41-42(37,38)19-9-8-18-11-12-32(25(35)27(28,29)30)24(20(18)15-19)33(26(31)36)13-5-3-4-6-23(33)34/h7-10,14-15,24H,3-6,11-13,16H2,1-2H3,(H-,31,36)/p+1. The molecule has 4 rings (SSSR count). The van der Waals surface area contributed by atoms with Gasteiger partial charge >= 0.3 is 24.0 Å². The lowest BCUT2D eigenvalue weighted by Gasteiger charge is -2.46. The molecule has 2 aromatic carbocycles. The van der Waals surface area contributed by atoms with Gasteiger partial charge in [0, 0.05) is 12.1 Å². The number of fused-ring (bicyclic) bond motifs is 1. The molecule has 0 bridgehead atoms. The van der Waals surface area contributed by atoms with Crippen molar-refractivity contribution in [1.82, 2.24) is 4.90 Å². The van der Waals surface area contributed by atoms with E-state index < -0.39 is 62.8 Å². The highest BCUT2D eigenvalue weighted by atomic mass is 32.2. The molecule has 228 valence electrons. The monoisotopic (exact) mass is 614 g/mol. The number of amides is 4. The number of quaternary nitrogens is 1. The number of carbonyl (C=O) groups excluding carboxylic acids is 3. The van der Waals surface area contributed by atoms with Crippen LogP contribution in [-0.4, -0.2) is 69.1 Å². The lowest BCUT2D eigenvalue weighted by molar-refractivity contribution is -0.820. The Bertz CT molecular complexity index is 1500. The van der Waals surface area contributed by atoms with Crippen molar-refractivity contribution in [2.24, 2.45) is 5.73 Å². The average Bonchev–Trinajstić information content (AvgIpc) is 3.15. The van der Waals surface area contributed by atoms with E-state index in [2.05, 4.69) is 0 Å². The number of methoxy groups -OCH3 is 2. The summed E-state index contributed by atoms with van der Waals surface area (Å²) in [7, 11) is -1.67. The smallest absolute Gasteiger partial charge is 0.471 e. The van der Waals surface area contributed by atoms with Gasteiger partial charge in [0.15, 0.2) is 11.5 Å². The van der Waals surface area contributed by atoms with E-state index in [0.29, 0.717) is 40.4 Å². The first kappa shape index (κ1) is 31.3. The molecular formula is C27H31F3N3O8S+. The summed E-state index contributed by atoms with van der Waals surface area (Å²) >= 11 is 0. The zero-order valence-corrected chi connectivity index (χ0v) is 23.8. The molecule has 0 saturated carbocycles. The summed E-state index contributed by atoms with van der Waals surface area (Å²) in [6, 6.07) is 7.07. The molecule has 1 fully saturated rings. The molecular weight excluding hydrogens is 583 g/mol. The minimum absolute atomic E-state index is 0.0760. The van der Waals surface area contributed by atoms with Crippen molar-refractivity contribution < 1.29 is 54.1 Å². The summed E-state index contributed by atoms with van der Waals surface area (Å²) in [6.45, 7) is -1.12. The number of halogens is 3. The number of nitrogens with zero attached hydrogens (tertiary/aromatic N) is 2. The molecule has 2 aliphatic rings. The molecule has 0 aromatic heterocycles. The third-order valence-electron chi connectivity index (χ3n) is 7.59.